The number of hydrogen-bond donors (Lipinski definition) is 1. The van der Waals surface area contributed by atoms with Crippen LogP contribution in [0.5, 0.6) is 5.75 Å². The van der Waals surface area contributed by atoms with Gasteiger partial charge in [-0.3, -0.25) is 9.59 Å². The molecule has 0 bridgehead atoms. The van der Waals surface area contributed by atoms with E-state index in [-0.39, 0.29) is 17.9 Å². The van der Waals surface area contributed by atoms with E-state index in [4.69, 9.17) is 4.74 Å². The number of nitrogens with zero attached hydrogens (tertiary/aromatic N) is 1. The Kier molecular flexibility index (Phi) is 7.04. The summed E-state index contributed by atoms with van der Waals surface area (Å²) in [5.41, 5.74) is 2.93. The van der Waals surface area contributed by atoms with Crippen molar-refractivity contribution in [3.05, 3.63) is 83.4 Å². The van der Waals surface area contributed by atoms with E-state index in [0.29, 0.717) is 24.3 Å². The van der Waals surface area contributed by atoms with Gasteiger partial charge in [-0.05, 0) is 68.3 Å². The molecule has 1 atom stereocenters. The van der Waals surface area contributed by atoms with Crippen molar-refractivity contribution in [3.63, 3.8) is 0 Å². The molecule has 0 saturated heterocycles. The van der Waals surface area contributed by atoms with Crippen LogP contribution in [0.4, 0.5) is 5.69 Å². The lowest BCUT2D eigenvalue weighted by Gasteiger charge is -2.24. The van der Waals surface area contributed by atoms with E-state index in [0.717, 1.165) is 33.2 Å². The minimum absolute atomic E-state index is 0.0785. The molecule has 170 valence electrons. The Labute approximate surface area is 199 Å². The maximum absolute atomic E-state index is 13.7. The second kappa shape index (κ2) is 10.1. The fraction of sp³-hybridized carbons (Fsp3) is 0.259. The molecule has 1 aliphatic rings. The molecule has 5 nitrogen and oxygen atoms in total. The standard InChI is InChI=1S/C27H28N2O3S/c1-4-18(3)28-26(30)20-12-15-25-23(16-20)29(17-19-10-13-21(14-11-19)32-5-2)27(31)22-8-6-7-9-24(22)33-25/h6-16,18H,4-5,17H2,1-3H3,(H,28,30). The Balaban J connectivity index is 1.74. The van der Waals surface area contributed by atoms with Gasteiger partial charge in [0, 0.05) is 21.4 Å². The van der Waals surface area contributed by atoms with Crippen molar-refractivity contribution in [2.24, 2.45) is 0 Å². The first-order valence-corrected chi connectivity index (χ1v) is 12.1. The molecule has 6 heteroatoms. The SMILES string of the molecule is CCOc1ccc(CN2C(=O)c3ccccc3Sc3ccc(C(=O)NC(C)CC)cc32)cc1. The van der Waals surface area contributed by atoms with E-state index in [1.165, 1.54) is 0 Å². The largest absolute Gasteiger partial charge is 0.494 e. The summed E-state index contributed by atoms with van der Waals surface area (Å²) in [6, 6.07) is 21.1. The molecule has 0 saturated carbocycles. The molecule has 0 spiro atoms. The Bertz CT molecular complexity index is 1160. The number of amides is 2. The van der Waals surface area contributed by atoms with Crippen molar-refractivity contribution in [2.75, 3.05) is 11.5 Å². The number of fused-ring (bicyclic) bond motifs is 2. The molecule has 1 unspecified atom stereocenters. The van der Waals surface area contributed by atoms with Gasteiger partial charge in [0.15, 0.2) is 0 Å². The quantitative estimate of drug-likeness (QED) is 0.475. The third kappa shape index (κ3) is 5.06. The summed E-state index contributed by atoms with van der Waals surface area (Å²) in [4.78, 5) is 30.1. The number of benzene rings is 3. The first kappa shape index (κ1) is 22.9. The van der Waals surface area contributed by atoms with Gasteiger partial charge >= 0.3 is 0 Å². The molecule has 1 N–H and O–H groups in total. The van der Waals surface area contributed by atoms with Gasteiger partial charge < -0.3 is 15.0 Å². The predicted molar refractivity (Wildman–Crippen MR) is 132 cm³/mol. The molecule has 33 heavy (non-hydrogen) atoms. The van der Waals surface area contributed by atoms with Crippen LogP contribution in [0.1, 0.15) is 53.5 Å². The van der Waals surface area contributed by atoms with Crippen molar-refractivity contribution in [3.8, 4) is 5.75 Å². The first-order chi connectivity index (χ1) is 16.0. The maximum Gasteiger partial charge on any atom is 0.259 e. The molecule has 0 aliphatic carbocycles. The normalized spacial score (nSPS) is 13.5. The van der Waals surface area contributed by atoms with Gasteiger partial charge in [0.2, 0.25) is 0 Å². The Morgan fingerprint density at radius 3 is 2.52 bits per heavy atom. The summed E-state index contributed by atoms with van der Waals surface area (Å²) in [7, 11) is 0. The number of carbonyl (C=O) groups is 2. The van der Waals surface area contributed by atoms with Gasteiger partial charge in [-0.25, -0.2) is 0 Å². The minimum atomic E-state index is -0.132. The van der Waals surface area contributed by atoms with Crippen molar-refractivity contribution < 1.29 is 14.3 Å². The van der Waals surface area contributed by atoms with Crippen LogP contribution in [0.25, 0.3) is 0 Å². The molecule has 0 radical (unpaired) electrons. The zero-order valence-electron chi connectivity index (χ0n) is 19.1. The average molecular weight is 461 g/mol. The molecule has 1 aliphatic heterocycles. The fourth-order valence-corrected chi connectivity index (χ4v) is 4.73. The van der Waals surface area contributed by atoms with Crippen LogP contribution in [0.2, 0.25) is 0 Å². The van der Waals surface area contributed by atoms with Crippen LogP contribution in [0, 0.1) is 0 Å². The molecule has 0 fully saturated rings. The van der Waals surface area contributed by atoms with Gasteiger partial charge in [-0.2, -0.15) is 0 Å². The van der Waals surface area contributed by atoms with Crippen LogP contribution in [-0.4, -0.2) is 24.5 Å². The van der Waals surface area contributed by atoms with E-state index in [9.17, 15) is 9.59 Å². The van der Waals surface area contributed by atoms with Gasteiger partial charge in [0.05, 0.1) is 24.4 Å². The average Bonchev–Trinajstić information content (AvgIpc) is 2.94. The van der Waals surface area contributed by atoms with Gasteiger partial charge in [0.25, 0.3) is 11.8 Å². The van der Waals surface area contributed by atoms with Crippen molar-refractivity contribution in [2.45, 2.75) is 49.6 Å². The summed E-state index contributed by atoms with van der Waals surface area (Å²) < 4.78 is 5.55. The summed E-state index contributed by atoms with van der Waals surface area (Å²) >= 11 is 1.56. The highest BCUT2D eigenvalue weighted by atomic mass is 32.2. The number of carbonyl (C=O) groups excluding carboxylic acids is 2. The number of anilines is 1. The Morgan fingerprint density at radius 1 is 1.03 bits per heavy atom. The van der Waals surface area contributed by atoms with E-state index in [1.807, 2.05) is 87.5 Å². The lowest BCUT2D eigenvalue weighted by molar-refractivity contribution is 0.0936. The van der Waals surface area contributed by atoms with Crippen molar-refractivity contribution in [1.29, 1.82) is 0 Å². The number of rotatable bonds is 7. The third-order valence-electron chi connectivity index (χ3n) is 5.66. The summed E-state index contributed by atoms with van der Waals surface area (Å²) in [6.45, 7) is 6.96. The minimum Gasteiger partial charge on any atom is -0.494 e. The van der Waals surface area contributed by atoms with E-state index >= 15 is 0 Å². The lowest BCUT2D eigenvalue weighted by Crippen LogP contribution is -2.33. The topological polar surface area (TPSA) is 58.6 Å². The molecule has 0 aromatic heterocycles. The molecule has 2 amide bonds. The number of ether oxygens (including phenoxy) is 1. The second-order valence-electron chi connectivity index (χ2n) is 8.03. The summed E-state index contributed by atoms with van der Waals surface area (Å²) in [6.07, 6.45) is 0.851. The zero-order valence-corrected chi connectivity index (χ0v) is 19.9. The van der Waals surface area contributed by atoms with Crippen LogP contribution in [0.15, 0.2) is 76.5 Å². The highest BCUT2D eigenvalue weighted by Gasteiger charge is 2.28. The summed E-state index contributed by atoms with van der Waals surface area (Å²) in [5, 5.41) is 3.02. The molecule has 3 aromatic carbocycles. The fourth-order valence-electron chi connectivity index (χ4n) is 3.67. The first-order valence-electron chi connectivity index (χ1n) is 11.3. The summed E-state index contributed by atoms with van der Waals surface area (Å²) in [5.74, 6) is 0.589. The highest BCUT2D eigenvalue weighted by Crippen LogP contribution is 2.42. The van der Waals surface area contributed by atoms with E-state index < -0.39 is 0 Å². The predicted octanol–water partition coefficient (Wildman–Crippen LogP) is 5.93. The van der Waals surface area contributed by atoms with Crippen molar-refractivity contribution in [1.82, 2.24) is 5.32 Å². The third-order valence-corrected chi connectivity index (χ3v) is 6.80. The molecular weight excluding hydrogens is 432 g/mol. The van der Waals surface area contributed by atoms with Crippen LogP contribution in [0.3, 0.4) is 0 Å². The Morgan fingerprint density at radius 2 is 1.79 bits per heavy atom. The van der Waals surface area contributed by atoms with Crippen molar-refractivity contribution >= 4 is 29.3 Å². The zero-order chi connectivity index (χ0) is 23.4. The second-order valence-corrected chi connectivity index (χ2v) is 9.12. The number of hydrogen-bond acceptors (Lipinski definition) is 4. The van der Waals surface area contributed by atoms with Crippen LogP contribution >= 0.6 is 11.8 Å². The van der Waals surface area contributed by atoms with Gasteiger partial charge in [-0.1, -0.05) is 43.0 Å². The Hall–Kier alpha value is -3.25. The number of nitrogens with one attached hydrogen (secondary N) is 1. The molecule has 1 heterocycles. The van der Waals surface area contributed by atoms with E-state index in [1.54, 1.807) is 16.7 Å². The van der Waals surface area contributed by atoms with Gasteiger partial charge in [0.1, 0.15) is 5.75 Å². The van der Waals surface area contributed by atoms with Crippen LogP contribution in [-0.2, 0) is 6.54 Å². The maximum atomic E-state index is 13.7. The smallest absolute Gasteiger partial charge is 0.259 e. The monoisotopic (exact) mass is 460 g/mol. The lowest BCUT2D eigenvalue weighted by atomic mass is 10.1. The highest BCUT2D eigenvalue weighted by molar-refractivity contribution is 7.99. The van der Waals surface area contributed by atoms with Crippen LogP contribution < -0.4 is 15.0 Å². The van der Waals surface area contributed by atoms with Gasteiger partial charge in [-0.15, -0.1) is 0 Å². The molecule has 4 rings (SSSR count). The molecule has 3 aromatic rings. The molecular formula is C27H28N2O3S. The van der Waals surface area contributed by atoms with E-state index in [2.05, 4.69) is 5.32 Å².